The Morgan fingerprint density at radius 1 is 1.43 bits per heavy atom. The quantitative estimate of drug-likeness (QED) is 0.601. The molecule has 0 bridgehead atoms. The van der Waals surface area contributed by atoms with E-state index in [1.54, 1.807) is 0 Å². The van der Waals surface area contributed by atoms with Crippen molar-refractivity contribution < 1.29 is 18.0 Å². The zero-order valence-electron chi connectivity index (χ0n) is 7.75. The zero-order chi connectivity index (χ0) is 10.9. The van der Waals surface area contributed by atoms with Gasteiger partial charge in [0.25, 0.3) is 0 Å². The van der Waals surface area contributed by atoms with Gasteiger partial charge in [-0.05, 0) is 0 Å². The van der Waals surface area contributed by atoms with Gasteiger partial charge in [-0.2, -0.15) is 13.2 Å². The molecule has 4 nitrogen and oxygen atoms in total. The standard InChI is InChI=1S/C7H10F3N3O/c1-6(14)11(2)13-4-3-12(5-13)7(8,9)10/h3-4H,5H2,1-2H3. The van der Waals surface area contributed by atoms with Gasteiger partial charge in [0.15, 0.2) is 0 Å². The van der Waals surface area contributed by atoms with E-state index in [1.165, 1.54) is 25.2 Å². The second-order valence-corrected chi connectivity index (χ2v) is 2.86. The molecule has 0 unspecified atom stereocenters. The molecule has 0 spiro atoms. The molecule has 0 aromatic carbocycles. The molecular weight excluding hydrogens is 199 g/mol. The number of hydrogen-bond acceptors (Lipinski definition) is 3. The van der Waals surface area contributed by atoms with Gasteiger partial charge in [-0.3, -0.25) is 19.7 Å². The van der Waals surface area contributed by atoms with E-state index in [0.717, 1.165) is 11.2 Å². The van der Waals surface area contributed by atoms with Crippen LogP contribution in [0, 0.1) is 0 Å². The van der Waals surface area contributed by atoms with Crippen LogP contribution in [0.15, 0.2) is 12.4 Å². The summed E-state index contributed by atoms with van der Waals surface area (Å²) in [6.07, 6.45) is -2.31. The molecule has 0 aromatic rings. The molecule has 1 aliphatic rings. The molecule has 0 aliphatic carbocycles. The van der Waals surface area contributed by atoms with E-state index in [4.69, 9.17) is 0 Å². The van der Waals surface area contributed by atoms with Crippen LogP contribution < -0.4 is 0 Å². The first-order valence-electron chi connectivity index (χ1n) is 3.85. The Labute approximate surface area is 79.1 Å². The summed E-state index contributed by atoms with van der Waals surface area (Å²) < 4.78 is 36.4. The van der Waals surface area contributed by atoms with Crippen molar-refractivity contribution >= 4 is 5.91 Å². The molecule has 14 heavy (non-hydrogen) atoms. The van der Waals surface area contributed by atoms with Crippen molar-refractivity contribution in [2.45, 2.75) is 13.2 Å². The number of amides is 1. The van der Waals surface area contributed by atoms with Gasteiger partial charge >= 0.3 is 6.30 Å². The minimum absolute atomic E-state index is 0.187. The molecule has 0 saturated heterocycles. The first-order chi connectivity index (χ1) is 6.32. The number of carbonyl (C=O) groups is 1. The van der Waals surface area contributed by atoms with E-state index >= 15 is 0 Å². The summed E-state index contributed by atoms with van der Waals surface area (Å²) in [5.41, 5.74) is 0. The third-order valence-electron chi connectivity index (χ3n) is 1.88. The Morgan fingerprint density at radius 3 is 2.36 bits per heavy atom. The van der Waals surface area contributed by atoms with Crippen LogP contribution >= 0.6 is 0 Å². The highest BCUT2D eigenvalue weighted by Crippen LogP contribution is 2.25. The predicted octanol–water partition coefficient (Wildman–Crippen LogP) is 0.946. The summed E-state index contributed by atoms with van der Waals surface area (Å²) in [6.45, 7) is 0.893. The van der Waals surface area contributed by atoms with Crippen molar-refractivity contribution in [1.82, 2.24) is 14.9 Å². The summed E-state index contributed by atoms with van der Waals surface area (Å²) in [5, 5.41) is 2.29. The zero-order valence-corrected chi connectivity index (χ0v) is 7.75. The molecule has 1 rings (SSSR count). The Hall–Kier alpha value is -1.40. The first-order valence-corrected chi connectivity index (χ1v) is 3.85. The van der Waals surface area contributed by atoms with Crippen molar-refractivity contribution in [3.8, 4) is 0 Å². The highest BCUT2D eigenvalue weighted by Gasteiger charge is 2.38. The third kappa shape index (κ3) is 2.09. The average Bonchev–Trinajstić information content (AvgIpc) is 2.49. The third-order valence-corrected chi connectivity index (χ3v) is 1.88. The average molecular weight is 209 g/mol. The lowest BCUT2D eigenvalue weighted by Gasteiger charge is -2.29. The lowest BCUT2D eigenvalue weighted by atomic mass is 10.7. The fraction of sp³-hybridized carbons (Fsp3) is 0.571. The van der Waals surface area contributed by atoms with Gasteiger partial charge in [-0.1, -0.05) is 0 Å². The summed E-state index contributed by atoms with van der Waals surface area (Å²) in [7, 11) is 1.41. The summed E-state index contributed by atoms with van der Waals surface area (Å²) >= 11 is 0. The number of nitrogens with zero attached hydrogens (tertiary/aromatic N) is 3. The van der Waals surface area contributed by atoms with Crippen LogP contribution in [0.25, 0.3) is 0 Å². The van der Waals surface area contributed by atoms with Gasteiger partial charge < -0.3 is 0 Å². The van der Waals surface area contributed by atoms with Crippen LogP contribution in [0.1, 0.15) is 6.92 Å². The number of alkyl halides is 3. The fourth-order valence-corrected chi connectivity index (χ4v) is 0.948. The van der Waals surface area contributed by atoms with Crippen molar-refractivity contribution in [2.75, 3.05) is 13.7 Å². The van der Waals surface area contributed by atoms with Gasteiger partial charge in [0.2, 0.25) is 5.91 Å². The fourth-order valence-electron chi connectivity index (χ4n) is 0.948. The second kappa shape index (κ2) is 3.39. The lowest BCUT2D eigenvalue weighted by molar-refractivity contribution is -0.235. The van der Waals surface area contributed by atoms with Gasteiger partial charge in [0.05, 0.1) is 0 Å². The van der Waals surface area contributed by atoms with Gasteiger partial charge in [-0.25, -0.2) is 0 Å². The Morgan fingerprint density at radius 2 is 2.00 bits per heavy atom. The van der Waals surface area contributed by atoms with E-state index in [-0.39, 0.29) is 17.5 Å². The van der Waals surface area contributed by atoms with Crippen LogP contribution in [-0.4, -0.2) is 40.8 Å². The highest BCUT2D eigenvalue weighted by atomic mass is 19.4. The maximum atomic E-state index is 12.1. The normalized spacial score (nSPS) is 16.4. The lowest BCUT2D eigenvalue weighted by Crippen LogP contribution is -2.43. The molecule has 7 heteroatoms. The van der Waals surface area contributed by atoms with E-state index in [2.05, 4.69) is 0 Å². The van der Waals surface area contributed by atoms with Crippen LogP contribution in [0.2, 0.25) is 0 Å². The Bertz CT molecular complexity index is 263. The van der Waals surface area contributed by atoms with Gasteiger partial charge in [0, 0.05) is 26.4 Å². The van der Waals surface area contributed by atoms with E-state index in [9.17, 15) is 18.0 Å². The minimum atomic E-state index is -4.40. The number of rotatable bonds is 1. The number of carbonyl (C=O) groups excluding carboxylic acids is 1. The molecule has 0 fully saturated rings. The molecule has 1 heterocycles. The molecule has 1 amide bonds. The molecule has 0 saturated carbocycles. The molecular formula is C7H10F3N3O. The topological polar surface area (TPSA) is 26.8 Å². The smallest absolute Gasteiger partial charge is 0.273 e. The number of hydrazine groups is 1. The molecule has 0 N–H and O–H groups in total. The molecule has 0 aromatic heterocycles. The van der Waals surface area contributed by atoms with Crippen LogP contribution in [0.3, 0.4) is 0 Å². The second-order valence-electron chi connectivity index (χ2n) is 2.86. The SMILES string of the molecule is CC(=O)N(C)N1C=CN(C(F)(F)F)C1. The maximum absolute atomic E-state index is 12.1. The monoisotopic (exact) mass is 209 g/mol. The van der Waals surface area contributed by atoms with Gasteiger partial charge in [-0.15, -0.1) is 0 Å². The first kappa shape index (κ1) is 10.7. The van der Waals surface area contributed by atoms with E-state index < -0.39 is 6.30 Å². The number of halogens is 3. The summed E-state index contributed by atoms with van der Waals surface area (Å²) in [5.74, 6) is -0.321. The largest absolute Gasteiger partial charge is 0.485 e. The maximum Gasteiger partial charge on any atom is 0.485 e. The number of hydrogen-bond donors (Lipinski definition) is 0. The van der Waals surface area contributed by atoms with Crippen molar-refractivity contribution in [1.29, 1.82) is 0 Å². The van der Waals surface area contributed by atoms with Crippen molar-refractivity contribution in [2.24, 2.45) is 0 Å². The van der Waals surface area contributed by atoms with Crippen LogP contribution in [-0.2, 0) is 4.79 Å². The van der Waals surface area contributed by atoms with E-state index in [1.807, 2.05) is 0 Å². The van der Waals surface area contributed by atoms with Crippen LogP contribution in [0.4, 0.5) is 13.2 Å². The summed E-state index contributed by atoms with van der Waals surface area (Å²) in [6, 6.07) is 0. The molecule has 1 aliphatic heterocycles. The molecule has 0 radical (unpaired) electrons. The van der Waals surface area contributed by atoms with E-state index in [0.29, 0.717) is 0 Å². The Balaban J connectivity index is 2.60. The molecule has 0 atom stereocenters. The molecule has 80 valence electrons. The van der Waals surface area contributed by atoms with Crippen molar-refractivity contribution in [3.05, 3.63) is 12.4 Å². The van der Waals surface area contributed by atoms with Gasteiger partial charge in [0.1, 0.15) is 6.67 Å². The minimum Gasteiger partial charge on any atom is -0.273 e. The Kier molecular flexibility index (Phi) is 2.59. The highest BCUT2D eigenvalue weighted by molar-refractivity contribution is 5.72. The predicted molar refractivity (Wildman–Crippen MR) is 42.2 cm³/mol. The summed E-state index contributed by atoms with van der Waals surface area (Å²) in [4.78, 5) is 11.0. The van der Waals surface area contributed by atoms with Crippen molar-refractivity contribution in [3.63, 3.8) is 0 Å². The van der Waals surface area contributed by atoms with Crippen LogP contribution in [0.5, 0.6) is 0 Å².